The van der Waals surface area contributed by atoms with Crippen molar-refractivity contribution < 1.29 is 19.4 Å². The number of carbonyl (C=O) groups excluding carboxylic acids is 2. The monoisotopic (exact) mass is 421 g/mol. The summed E-state index contributed by atoms with van der Waals surface area (Å²) >= 11 is 0. The number of rotatable bonds is 8. The zero-order valence-electron chi connectivity index (χ0n) is 18.2. The maximum absolute atomic E-state index is 11.9. The van der Waals surface area contributed by atoms with Crippen molar-refractivity contribution in [2.45, 2.75) is 20.3 Å². The zero-order chi connectivity index (χ0) is 22.8. The summed E-state index contributed by atoms with van der Waals surface area (Å²) in [5.74, 6) is 2.47. The number of nitrogens with one attached hydrogen (secondary N) is 1. The van der Waals surface area contributed by atoms with Gasteiger partial charge in [0.25, 0.3) is 0 Å². The molecule has 4 atom stereocenters. The maximum atomic E-state index is 11.9. The van der Waals surface area contributed by atoms with Gasteiger partial charge in [-0.05, 0) is 78.9 Å². The SMILES string of the molecule is C=CC1CC(C)C(C)C1C=O.C=CNc1ccc(OCC(=O)c2ccc(O)cc2)cc1. The molecule has 2 aromatic rings. The fourth-order valence-corrected chi connectivity index (χ4v) is 3.69. The normalized spacial score (nSPS) is 21.9. The van der Waals surface area contributed by atoms with Crippen molar-refractivity contribution in [1.29, 1.82) is 0 Å². The Hall–Kier alpha value is -3.34. The molecule has 3 rings (SSSR count). The van der Waals surface area contributed by atoms with Gasteiger partial charge < -0.3 is 20.0 Å². The van der Waals surface area contributed by atoms with Gasteiger partial charge in [-0.25, -0.2) is 0 Å². The molecule has 2 N–H and O–H groups in total. The molecule has 0 heterocycles. The second kappa shape index (κ2) is 11.7. The number of hydrogen-bond acceptors (Lipinski definition) is 5. The Labute approximate surface area is 184 Å². The van der Waals surface area contributed by atoms with E-state index in [-0.39, 0.29) is 24.1 Å². The summed E-state index contributed by atoms with van der Waals surface area (Å²) in [7, 11) is 0. The molecule has 1 fully saturated rings. The summed E-state index contributed by atoms with van der Waals surface area (Å²) in [6.07, 6.45) is 5.75. The van der Waals surface area contributed by atoms with Gasteiger partial charge in [0.15, 0.2) is 12.4 Å². The molecular formula is C26H31NO4. The number of phenols is 1. The summed E-state index contributed by atoms with van der Waals surface area (Å²) in [6.45, 7) is 11.7. The van der Waals surface area contributed by atoms with E-state index in [1.165, 1.54) is 12.1 Å². The second-order valence-corrected chi connectivity index (χ2v) is 7.82. The Bertz CT molecular complexity index is 873. The van der Waals surface area contributed by atoms with E-state index in [1.54, 1.807) is 30.5 Å². The lowest BCUT2D eigenvalue weighted by atomic mass is 9.90. The Morgan fingerprint density at radius 3 is 2.29 bits per heavy atom. The van der Waals surface area contributed by atoms with Crippen molar-refractivity contribution in [3.05, 3.63) is 79.5 Å². The van der Waals surface area contributed by atoms with Gasteiger partial charge >= 0.3 is 0 Å². The van der Waals surface area contributed by atoms with Crippen LogP contribution in [0.4, 0.5) is 5.69 Å². The Morgan fingerprint density at radius 1 is 1.13 bits per heavy atom. The molecule has 0 saturated heterocycles. The molecule has 4 unspecified atom stereocenters. The van der Waals surface area contributed by atoms with Crippen LogP contribution in [-0.2, 0) is 4.79 Å². The van der Waals surface area contributed by atoms with E-state index in [0.717, 1.165) is 18.4 Å². The Balaban J connectivity index is 0.000000262. The first-order valence-electron chi connectivity index (χ1n) is 10.4. The molecule has 1 aliphatic carbocycles. The predicted molar refractivity (Wildman–Crippen MR) is 124 cm³/mol. The van der Waals surface area contributed by atoms with Crippen LogP contribution in [0, 0.1) is 23.7 Å². The van der Waals surface area contributed by atoms with Crippen LogP contribution < -0.4 is 10.1 Å². The highest BCUT2D eigenvalue weighted by atomic mass is 16.5. The number of ether oxygens (including phenoxy) is 1. The van der Waals surface area contributed by atoms with Crippen molar-refractivity contribution in [2.75, 3.05) is 11.9 Å². The van der Waals surface area contributed by atoms with Crippen LogP contribution in [0.15, 0.2) is 74.0 Å². The lowest BCUT2D eigenvalue weighted by Gasteiger charge is -2.13. The molecule has 164 valence electrons. The second-order valence-electron chi connectivity index (χ2n) is 7.82. The summed E-state index contributed by atoms with van der Waals surface area (Å²) in [5.41, 5.74) is 1.41. The van der Waals surface area contributed by atoms with Crippen molar-refractivity contribution in [3.63, 3.8) is 0 Å². The minimum atomic E-state index is -0.140. The average molecular weight is 422 g/mol. The smallest absolute Gasteiger partial charge is 0.200 e. The largest absolute Gasteiger partial charge is 0.508 e. The van der Waals surface area contributed by atoms with Gasteiger partial charge in [-0.1, -0.05) is 26.5 Å². The predicted octanol–water partition coefficient (Wildman–Crippen LogP) is 5.49. The summed E-state index contributed by atoms with van der Waals surface area (Å²) < 4.78 is 5.42. The molecule has 0 radical (unpaired) electrons. The van der Waals surface area contributed by atoms with Crippen LogP contribution in [0.25, 0.3) is 0 Å². The fraction of sp³-hybridized carbons (Fsp3) is 0.308. The van der Waals surface area contributed by atoms with Gasteiger partial charge in [-0.3, -0.25) is 4.79 Å². The average Bonchev–Trinajstić information content (AvgIpc) is 3.07. The van der Waals surface area contributed by atoms with Gasteiger partial charge in [0.05, 0.1) is 0 Å². The van der Waals surface area contributed by atoms with Crippen LogP contribution in [0.3, 0.4) is 0 Å². The molecule has 1 saturated carbocycles. The number of benzene rings is 2. The number of Topliss-reactive ketones (excluding diaryl/α,β-unsaturated/α-hetero) is 1. The molecule has 0 bridgehead atoms. The minimum Gasteiger partial charge on any atom is -0.508 e. The van der Waals surface area contributed by atoms with Gasteiger partial charge in [-0.15, -0.1) is 6.58 Å². The molecule has 0 aromatic heterocycles. The fourth-order valence-electron chi connectivity index (χ4n) is 3.69. The lowest BCUT2D eigenvalue weighted by molar-refractivity contribution is -0.112. The van der Waals surface area contributed by atoms with Gasteiger partial charge in [-0.2, -0.15) is 0 Å². The van der Waals surface area contributed by atoms with Gasteiger partial charge in [0.2, 0.25) is 0 Å². The number of allylic oxidation sites excluding steroid dienone is 1. The van der Waals surface area contributed by atoms with Crippen molar-refractivity contribution >= 4 is 17.8 Å². The molecule has 0 spiro atoms. The molecule has 5 nitrogen and oxygen atoms in total. The number of phenolic OH excluding ortho intramolecular Hbond substituents is 1. The highest BCUT2D eigenvalue weighted by molar-refractivity contribution is 5.97. The third-order valence-electron chi connectivity index (χ3n) is 5.79. The highest BCUT2D eigenvalue weighted by Crippen LogP contribution is 2.40. The number of carbonyl (C=O) groups is 2. The van der Waals surface area contributed by atoms with E-state index in [9.17, 15) is 9.59 Å². The van der Waals surface area contributed by atoms with E-state index in [4.69, 9.17) is 9.84 Å². The first-order chi connectivity index (χ1) is 14.9. The minimum absolute atomic E-state index is 0.0426. The van der Waals surface area contributed by atoms with E-state index in [0.29, 0.717) is 29.1 Å². The van der Waals surface area contributed by atoms with Crippen molar-refractivity contribution in [2.24, 2.45) is 23.7 Å². The van der Waals surface area contributed by atoms with Crippen LogP contribution in [-0.4, -0.2) is 23.8 Å². The maximum Gasteiger partial charge on any atom is 0.200 e. The van der Waals surface area contributed by atoms with Crippen LogP contribution in [0.1, 0.15) is 30.6 Å². The topological polar surface area (TPSA) is 75.6 Å². The number of anilines is 1. The van der Waals surface area contributed by atoms with E-state index < -0.39 is 0 Å². The van der Waals surface area contributed by atoms with Crippen molar-refractivity contribution in [3.8, 4) is 11.5 Å². The summed E-state index contributed by atoms with van der Waals surface area (Å²) in [5, 5.41) is 12.1. The number of hydrogen-bond donors (Lipinski definition) is 2. The number of aldehydes is 1. The molecule has 2 aromatic carbocycles. The zero-order valence-corrected chi connectivity index (χ0v) is 18.2. The van der Waals surface area contributed by atoms with Gasteiger partial charge in [0, 0.05) is 17.2 Å². The van der Waals surface area contributed by atoms with Gasteiger partial charge in [0.1, 0.15) is 17.8 Å². The molecule has 1 aliphatic rings. The quantitative estimate of drug-likeness (QED) is 0.335. The Kier molecular flexibility index (Phi) is 9.07. The standard InChI is InChI=1S/C16H15NO3.C10H16O/c1-2-17-13-5-9-15(10-6-13)20-11-16(19)12-3-7-14(18)8-4-12;1-4-9-5-7(2)8(3)10(9)6-11/h2-10,17-18H,1,11H2;4,6-10H,1,5H2,2-3H3. The third-order valence-corrected chi connectivity index (χ3v) is 5.79. The molecule has 0 aliphatic heterocycles. The lowest BCUT2D eigenvalue weighted by Crippen LogP contribution is -2.14. The number of aromatic hydroxyl groups is 1. The summed E-state index contributed by atoms with van der Waals surface area (Å²) in [6, 6.07) is 13.3. The third kappa shape index (κ3) is 6.85. The molecular weight excluding hydrogens is 390 g/mol. The van der Waals surface area contributed by atoms with Crippen LogP contribution >= 0.6 is 0 Å². The van der Waals surface area contributed by atoms with E-state index >= 15 is 0 Å². The van der Waals surface area contributed by atoms with Crippen LogP contribution in [0.2, 0.25) is 0 Å². The highest BCUT2D eigenvalue weighted by Gasteiger charge is 2.36. The van der Waals surface area contributed by atoms with E-state index in [1.807, 2.05) is 18.2 Å². The Morgan fingerprint density at radius 2 is 1.77 bits per heavy atom. The first kappa shape index (κ1) is 23.9. The van der Waals surface area contributed by atoms with Crippen LogP contribution in [0.5, 0.6) is 11.5 Å². The van der Waals surface area contributed by atoms with E-state index in [2.05, 4.69) is 32.3 Å². The molecule has 31 heavy (non-hydrogen) atoms. The number of ketones is 1. The molecule has 5 heteroatoms. The van der Waals surface area contributed by atoms with Crippen molar-refractivity contribution in [1.82, 2.24) is 0 Å². The first-order valence-corrected chi connectivity index (χ1v) is 10.4. The molecule has 0 amide bonds. The summed E-state index contributed by atoms with van der Waals surface area (Å²) in [4.78, 5) is 22.6.